The predicted molar refractivity (Wildman–Crippen MR) is 98.7 cm³/mol. The van der Waals surface area contributed by atoms with Gasteiger partial charge in [0.25, 0.3) is 0 Å². The van der Waals surface area contributed by atoms with Gasteiger partial charge in [0.05, 0.1) is 11.6 Å². The Morgan fingerprint density at radius 2 is 2.07 bits per heavy atom. The second kappa shape index (κ2) is 6.80. The molecule has 0 amide bonds. The number of pyridine rings is 1. The summed E-state index contributed by atoms with van der Waals surface area (Å²) in [6.45, 7) is 5.31. The highest BCUT2D eigenvalue weighted by Gasteiger charge is 2.29. The van der Waals surface area contributed by atoms with Gasteiger partial charge in [-0.05, 0) is 20.0 Å². The molecule has 0 radical (unpaired) electrons. The number of nitrogens with zero attached hydrogens (tertiary/aromatic N) is 5. The number of hydrogen-bond acceptors (Lipinski definition) is 7. The topological polar surface area (TPSA) is 82.7 Å². The Labute approximate surface area is 155 Å². The zero-order valence-corrected chi connectivity index (χ0v) is 15.4. The average molecular weight is 375 g/mol. The highest BCUT2D eigenvalue weighted by Crippen LogP contribution is 2.42. The summed E-state index contributed by atoms with van der Waals surface area (Å²) in [5.74, 6) is 0.0347. The molecule has 1 N–H and O–H groups in total. The van der Waals surface area contributed by atoms with E-state index in [0.29, 0.717) is 47.6 Å². The van der Waals surface area contributed by atoms with E-state index >= 15 is 4.39 Å². The summed E-state index contributed by atoms with van der Waals surface area (Å²) in [7, 11) is 2.04. The lowest BCUT2D eigenvalue weighted by atomic mass is 10.0. The van der Waals surface area contributed by atoms with E-state index in [1.54, 1.807) is 6.20 Å². The van der Waals surface area contributed by atoms with E-state index in [-0.39, 0.29) is 17.9 Å². The van der Waals surface area contributed by atoms with Gasteiger partial charge >= 0.3 is 0 Å². The lowest BCUT2D eigenvalue weighted by Gasteiger charge is -2.37. The summed E-state index contributed by atoms with van der Waals surface area (Å²) in [6.07, 6.45) is 1.75. The Hall–Kier alpha value is -2.68. The lowest BCUT2D eigenvalue weighted by Crippen LogP contribution is -2.45. The van der Waals surface area contributed by atoms with Gasteiger partial charge in [0.2, 0.25) is 0 Å². The number of rotatable bonds is 3. The Morgan fingerprint density at radius 1 is 1.33 bits per heavy atom. The number of piperazine rings is 1. The van der Waals surface area contributed by atoms with Crippen molar-refractivity contribution in [2.24, 2.45) is 10.3 Å². The van der Waals surface area contributed by atoms with E-state index in [0.717, 1.165) is 13.1 Å². The first kappa shape index (κ1) is 17.7. The summed E-state index contributed by atoms with van der Waals surface area (Å²) >= 11 is 0. The average Bonchev–Trinajstić information content (AvgIpc) is 2.65. The van der Waals surface area contributed by atoms with Crippen molar-refractivity contribution in [3.63, 3.8) is 0 Å². The largest absolute Gasteiger partial charge is 0.487 e. The Morgan fingerprint density at radius 3 is 2.74 bits per heavy atom. The second-order valence-corrected chi connectivity index (χ2v) is 7.18. The van der Waals surface area contributed by atoms with Crippen LogP contribution in [0.3, 0.4) is 0 Å². The first-order valence-electron chi connectivity index (χ1n) is 8.99. The quantitative estimate of drug-likeness (QED) is 0.504. The predicted octanol–water partition coefficient (Wildman–Crippen LogP) is 2.04. The molecule has 9 heteroatoms. The third-order valence-corrected chi connectivity index (χ3v) is 5.39. The van der Waals surface area contributed by atoms with Crippen LogP contribution >= 0.6 is 0 Å². The molecule has 0 unspecified atom stereocenters. The van der Waals surface area contributed by atoms with Crippen LogP contribution < -0.4 is 15.0 Å². The molecule has 0 aliphatic carbocycles. The summed E-state index contributed by atoms with van der Waals surface area (Å²) in [5, 5.41) is 16.3. The van der Waals surface area contributed by atoms with E-state index in [2.05, 4.69) is 15.2 Å². The van der Waals surface area contributed by atoms with Gasteiger partial charge in [0.15, 0.2) is 11.6 Å². The van der Waals surface area contributed by atoms with E-state index in [4.69, 9.17) is 4.74 Å². The fraction of sp³-hybridized carbons (Fsp3) is 0.500. The zero-order chi connectivity index (χ0) is 19.1. The molecule has 3 heterocycles. The van der Waals surface area contributed by atoms with Gasteiger partial charge in [-0.15, -0.1) is 0 Å². The van der Waals surface area contributed by atoms with Crippen molar-refractivity contribution < 1.29 is 14.3 Å². The minimum Gasteiger partial charge on any atom is -0.487 e. The molecule has 2 aliphatic heterocycles. The highest BCUT2D eigenvalue weighted by molar-refractivity contribution is 5.92. The van der Waals surface area contributed by atoms with Crippen LogP contribution in [-0.4, -0.2) is 54.5 Å². The number of likely N-dealkylation sites (N-methyl/N-ethyl adjacent to an activating group) is 1. The van der Waals surface area contributed by atoms with Crippen LogP contribution in [0.25, 0.3) is 10.9 Å². The fourth-order valence-electron chi connectivity index (χ4n) is 3.91. The van der Waals surface area contributed by atoms with Gasteiger partial charge in [-0.2, -0.15) is 4.91 Å². The molecule has 2 aliphatic rings. The SMILES string of the molecule is C[C@H]1COc2c(N3CCN(C)CC3)c(F)cc3/c(=N/O)c(CN=O)cn1c23. The van der Waals surface area contributed by atoms with Crippen LogP contribution in [0, 0.1) is 10.7 Å². The molecule has 1 saturated heterocycles. The van der Waals surface area contributed by atoms with Crippen LogP contribution in [0.1, 0.15) is 18.5 Å². The maximum absolute atomic E-state index is 15.2. The van der Waals surface area contributed by atoms with E-state index in [9.17, 15) is 10.1 Å². The standard InChI is InChI=1S/C18H22FN5O3/c1-11-10-27-18-16-13(15(21-26)12(8-20-25)9-24(11)16)7-14(19)17(18)23-5-3-22(2)4-6-23/h7,9,11,26H,3-6,8,10H2,1-2H3/b21-15+/t11-/m0/s1. The first-order valence-corrected chi connectivity index (χ1v) is 8.99. The minimum absolute atomic E-state index is 0.0102. The molecule has 144 valence electrons. The third kappa shape index (κ3) is 2.82. The number of nitroso groups, excluding NO2 is 1. The first-order chi connectivity index (χ1) is 13.0. The molecule has 1 aromatic carbocycles. The molecule has 27 heavy (non-hydrogen) atoms. The molecule has 1 fully saturated rings. The summed E-state index contributed by atoms with van der Waals surface area (Å²) in [5.41, 5.74) is 1.57. The molecule has 0 saturated carbocycles. The van der Waals surface area contributed by atoms with Crippen LogP contribution in [0.5, 0.6) is 5.75 Å². The van der Waals surface area contributed by atoms with Crippen LogP contribution in [0.2, 0.25) is 0 Å². The van der Waals surface area contributed by atoms with Crippen molar-refractivity contribution in [1.82, 2.24) is 9.47 Å². The number of benzene rings is 1. The third-order valence-electron chi connectivity index (χ3n) is 5.39. The van der Waals surface area contributed by atoms with Crippen molar-refractivity contribution in [3.8, 4) is 5.75 Å². The number of aromatic nitrogens is 1. The fourth-order valence-corrected chi connectivity index (χ4v) is 3.91. The van der Waals surface area contributed by atoms with Crippen LogP contribution in [0.4, 0.5) is 10.1 Å². The molecule has 0 spiro atoms. The monoisotopic (exact) mass is 375 g/mol. The van der Waals surface area contributed by atoms with E-state index in [1.165, 1.54) is 6.07 Å². The highest BCUT2D eigenvalue weighted by atomic mass is 19.1. The number of halogens is 1. The Kier molecular flexibility index (Phi) is 4.47. The molecule has 2 aromatic rings. The van der Waals surface area contributed by atoms with Crippen molar-refractivity contribution in [2.75, 3.05) is 44.7 Å². The molecule has 1 aromatic heterocycles. The maximum atomic E-state index is 15.2. The van der Waals surface area contributed by atoms with Crippen molar-refractivity contribution in [3.05, 3.63) is 33.9 Å². The molecular formula is C18H22FN5O3. The van der Waals surface area contributed by atoms with Gasteiger partial charge in [-0.1, -0.05) is 10.3 Å². The maximum Gasteiger partial charge on any atom is 0.170 e. The van der Waals surface area contributed by atoms with Crippen molar-refractivity contribution >= 4 is 16.6 Å². The van der Waals surface area contributed by atoms with Crippen molar-refractivity contribution in [2.45, 2.75) is 19.5 Å². The smallest absolute Gasteiger partial charge is 0.170 e. The Balaban J connectivity index is 2.01. The summed E-state index contributed by atoms with van der Waals surface area (Å²) in [4.78, 5) is 15.0. The second-order valence-electron chi connectivity index (χ2n) is 7.18. The van der Waals surface area contributed by atoms with Gasteiger partial charge in [0, 0.05) is 43.3 Å². The van der Waals surface area contributed by atoms with Crippen molar-refractivity contribution in [1.29, 1.82) is 0 Å². The Bertz CT molecular complexity index is 966. The van der Waals surface area contributed by atoms with Gasteiger partial charge in [-0.3, -0.25) is 0 Å². The molecule has 0 bridgehead atoms. The number of hydrogen-bond donors (Lipinski definition) is 1. The molecule has 8 nitrogen and oxygen atoms in total. The molecule has 1 atom stereocenters. The lowest BCUT2D eigenvalue weighted by molar-refractivity contribution is 0.244. The molecule has 4 rings (SSSR count). The minimum atomic E-state index is -0.427. The summed E-state index contributed by atoms with van der Waals surface area (Å²) < 4.78 is 23.1. The zero-order valence-electron chi connectivity index (χ0n) is 15.4. The number of anilines is 1. The summed E-state index contributed by atoms with van der Waals surface area (Å²) in [6, 6.07) is 1.36. The molecular weight excluding hydrogens is 353 g/mol. The van der Waals surface area contributed by atoms with Gasteiger partial charge in [-0.25, -0.2) is 4.39 Å². The van der Waals surface area contributed by atoms with Gasteiger partial charge < -0.3 is 24.3 Å². The van der Waals surface area contributed by atoms with Crippen LogP contribution in [0.15, 0.2) is 22.6 Å². The number of ether oxygens (including phenoxy) is 1. The van der Waals surface area contributed by atoms with Gasteiger partial charge in [0.1, 0.15) is 24.2 Å². The van der Waals surface area contributed by atoms with E-state index in [1.807, 2.05) is 23.4 Å². The normalized spacial score (nSPS) is 20.8. The van der Waals surface area contributed by atoms with E-state index < -0.39 is 5.82 Å². The van der Waals surface area contributed by atoms with Crippen LogP contribution in [-0.2, 0) is 6.54 Å².